The highest BCUT2D eigenvalue weighted by atomic mass is 16.5. The molecule has 0 spiro atoms. The predicted molar refractivity (Wildman–Crippen MR) is 61.2 cm³/mol. The fraction of sp³-hybridized carbons (Fsp3) is 0. The third-order valence-corrected chi connectivity index (χ3v) is 2.29. The molecule has 0 bridgehead atoms. The van der Waals surface area contributed by atoms with Gasteiger partial charge < -0.3 is 16.4 Å². The molecule has 0 fully saturated rings. The minimum atomic E-state index is 0.689. The van der Waals surface area contributed by atoms with Gasteiger partial charge in [-0.25, -0.2) is 0 Å². The van der Waals surface area contributed by atoms with Gasteiger partial charge in [-0.3, -0.25) is 0 Å². The lowest BCUT2D eigenvalue weighted by atomic mass is 10.1. The first-order valence-corrected chi connectivity index (χ1v) is 4.71. The topological polar surface area (TPSA) is 65.7 Å². The highest BCUT2D eigenvalue weighted by Crippen LogP contribution is 2.21. The van der Waals surface area contributed by atoms with Gasteiger partial charge in [-0.1, -0.05) is 12.1 Å². The fourth-order valence-electron chi connectivity index (χ4n) is 1.43. The van der Waals surface area contributed by atoms with Crippen molar-refractivity contribution in [3.05, 3.63) is 53.7 Å². The highest BCUT2D eigenvalue weighted by Gasteiger charge is 1.97. The quantitative estimate of drug-likeness (QED) is 0.571. The predicted octanol–water partition coefficient (Wildman–Crippen LogP) is 1.63. The van der Waals surface area contributed by atoms with E-state index in [1.165, 1.54) is 0 Å². The second-order valence-electron chi connectivity index (χ2n) is 3.36. The van der Waals surface area contributed by atoms with E-state index < -0.39 is 0 Å². The molecule has 0 aromatic heterocycles. The number of benzene rings is 2. The van der Waals surface area contributed by atoms with Crippen LogP contribution >= 0.6 is 0 Å². The summed E-state index contributed by atoms with van der Waals surface area (Å²) in [6, 6.07) is 15.1. The van der Waals surface area contributed by atoms with Crippen molar-refractivity contribution in [2.75, 3.05) is 5.73 Å². The Kier molecular flexibility index (Phi) is 2.67. The van der Waals surface area contributed by atoms with Gasteiger partial charge in [-0.2, -0.15) is 0 Å². The fourth-order valence-corrected chi connectivity index (χ4v) is 1.43. The van der Waals surface area contributed by atoms with Crippen molar-refractivity contribution in [1.29, 1.82) is 0 Å². The summed E-state index contributed by atoms with van der Waals surface area (Å²) in [4.78, 5) is 0. The van der Waals surface area contributed by atoms with Crippen LogP contribution in [-0.4, -0.2) is 0 Å². The molecule has 76 valence electrons. The molecular formula is C12H12N2O. The molecule has 0 aliphatic heterocycles. The maximum Gasteiger partial charge on any atom is 0.129 e. The smallest absolute Gasteiger partial charge is 0.129 e. The number of rotatable bonds is 2. The van der Waals surface area contributed by atoms with Gasteiger partial charge in [0.1, 0.15) is 5.69 Å². The molecule has 0 saturated heterocycles. The van der Waals surface area contributed by atoms with Crippen molar-refractivity contribution >= 4 is 11.4 Å². The average Bonchev–Trinajstić information content (AvgIpc) is 2.30. The van der Waals surface area contributed by atoms with Gasteiger partial charge >= 0.3 is 0 Å². The van der Waals surface area contributed by atoms with E-state index in [-0.39, 0.29) is 0 Å². The van der Waals surface area contributed by atoms with Crippen LogP contribution in [0.4, 0.5) is 11.4 Å². The van der Waals surface area contributed by atoms with Gasteiger partial charge in [0, 0.05) is 5.69 Å². The molecule has 0 radical (unpaired) electrons. The van der Waals surface area contributed by atoms with Gasteiger partial charge in [0.25, 0.3) is 0 Å². The van der Waals surface area contributed by atoms with Gasteiger partial charge in [0.05, 0.1) is 0 Å². The van der Waals surface area contributed by atoms with Crippen molar-refractivity contribution in [3.8, 4) is 11.1 Å². The van der Waals surface area contributed by atoms with E-state index >= 15 is 0 Å². The minimum absolute atomic E-state index is 0.689. The van der Waals surface area contributed by atoms with Gasteiger partial charge in [-0.15, -0.1) is 0 Å². The SMILES string of the molecule is Nc1ccc(-c2ccc([NH2+][O-])cc2)cc1. The van der Waals surface area contributed by atoms with Crippen molar-refractivity contribution in [2.24, 2.45) is 0 Å². The normalized spacial score (nSPS) is 10.2. The first-order chi connectivity index (χ1) is 7.29. The summed E-state index contributed by atoms with van der Waals surface area (Å²) in [5.74, 6) is 0. The molecule has 2 aromatic rings. The van der Waals surface area contributed by atoms with E-state index in [0.717, 1.165) is 22.3 Å². The Hall–Kier alpha value is -1.84. The second-order valence-corrected chi connectivity index (χ2v) is 3.36. The van der Waals surface area contributed by atoms with E-state index in [9.17, 15) is 5.21 Å². The Labute approximate surface area is 88.1 Å². The molecule has 0 aliphatic rings. The average molecular weight is 200 g/mol. The molecular weight excluding hydrogens is 188 g/mol. The maximum atomic E-state index is 10.5. The molecule has 0 amide bonds. The molecule has 3 heteroatoms. The minimum Gasteiger partial charge on any atom is -0.630 e. The Morgan fingerprint density at radius 1 is 0.800 bits per heavy atom. The number of hydrogen-bond acceptors (Lipinski definition) is 2. The summed E-state index contributed by atoms with van der Waals surface area (Å²) in [6.45, 7) is 0. The van der Waals surface area contributed by atoms with Crippen LogP contribution in [-0.2, 0) is 0 Å². The number of quaternary nitrogens is 1. The summed E-state index contributed by atoms with van der Waals surface area (Å²) in [5.41, 5.74) is 10.1. The van der Waals surface area contributed by atoms with Gasteiger partial charge in [0.15, 0.2) is 0 Å². The second kappa shape index (κ2) is 4.13. The summed E-state index contributed by atoms with van der Waals surface area (Å²) in [7, 11) is 0. The lowest BCUT2D eigenvalue weighted by Crippen LogP contribution is -2.70. The van der Waals surface area contributed by atoms with Crippen LogP contribution in [0, 0.1) is 5.21 Å². The molecule has 0 saturated carbocycles. The number of anilines is 1. The van der Waals surface area contributed by atoms with Crippen LogP contribution in [0.25, 0.3) is 11.1 Å². The van der Waals surface area contributed by atoms with Crippen LogP contribution in [0.3, 0.4) is 0 Å². The first-order valence-electron chi connectivity index (χ1n) is 4.71. The van der Waals surface area contributed by atoms with Crippen molar-refractivity contribution in [3.63, 3.8) is 0 Å². The number of nitrogen functional groups attached to an aromatic ring is 1. The Bertz CT molecular complexity index is 434. The lowest BCUT2D eigenvalue weighted by Gasteiger charge is -2.04. The van der Waals surface area contributed by atoms with Gasteiger partial charge in [0.2, 0.25) is 0 Å². The van der Waals surface area contributed by atoms with Crippen molar-refractivity contribution in [1.82, 2.24) is 0 Å². The third kappa shape index (κ3) is 2.15. The van der Waals surface area contributed by atoms with Crippen LogP contribution in [0.5, 0.6) is 0 Å². The summed E-state index contributed by atoms with van der Waals surface area (Å²) in [6.07, 6.45) is 0. The molecule has 0 atom stereocenters. The first kappa shape index (κ1) is 9.71. The number of nitrogens with two attached hydrogens (primary N) is 2. The molecule has 0 unspecified atom stereocenters. The Morgan fingerprint density at radius 3 is 1.73 bits per heavy atom. The summed E-state index contributed by atoms with van der Waals surface area (Å²) >= 11 is 0. The van der Waals surface area contributed by atoms with Crippen LogP contribution in [0.15, 0.2) is 48.5 Å². The molecule has 2 aromatic carbocycles. The Balaban J connectivity index is 2.33. The zero-order valence-electron chi connectivity index (χ0n) is 8.18. The molecule has 4 N–H and O–H groups in total. The molecule has 0 heterocycles. The van der Waals surface area contributed by atoms with Crippen LogP contribution in [0.1, 0.15) is 0 Å². The zero-order valence-corrected chi connectivity index (χ0v) is 8.18. The van der Waals surface area contributed by atoms with E-state index in [1.54, 1.807) is 12.1 Å². The molecule has 0 aliphatic carbocycles. The number of hydrogen-bond donors (Lipinski definition) is 2. The van der Waals surface area contributed by atoms with Crippen LogP contribution < -0.4 is 11.2 Å². The largest absolute Gasteiger partial charge is 0.630 e. The van der Waals surface area contributed by atoms with Crippen molar-refractivity contribution < 1.29 is 5.48 Å². The van der Waals surface area contributed by atoms with E-state index in [4.69, 9.17) is 5.73 Å². The molecule has 3 nitrogen and oxygen atoms in total. The van der Waals surface area contributed by atoms with E-state index in [0.29, 0.717) is 5.69 Å². The summed E-state index contributed by atoms with van der Waals surface area (Å²) < 4.78 is 0. The van der Waals surface area contributed by atoms with E-state index in [2.05, 4.69) is 0 Å². The molecule has 15 heavy (non-hydrogen) atoms. The van der Waals surface area contributed by atoms with Crippen molar-refractivity contribution in [2.45, 2.75) is 0 Å². The maximum absolute atomic E-state index is 10.5. The Morgan fingerprint density at radius 2 is 1.27 bits per heavy atom. The van der Waals surface area contributed by atoms with Crippen LogP contribution in [0.2, 0.25) is 0 Å². The lowest BCUT2D eigenvalue weighted by molar-refractivity contribution is -0.497. The molecule has 2 rings (SSSR count). The zero-order chi connectivity index (χ0) is 10.7. The van der Waals surface area contributed by atoms with E-state index in [1.807, 2.05) is 36.4 Å². The van der Waals surface area contributed by atoms with Gasteiger partial charge in [-0.05, 0) is 47.5 Å². The standard InChI is InChI=1S/C12H12N2O/c13-11-5-1-9(2-6-11)10-3-7-12(14-15)8-4-10/h1-8H,13-14H2. The highest BCUT2D eigenvalue weighted by molar-refractivity contribution is 5.66. The third-order valence-electron chi connectivity index (χ3n) is 2.29. The summed E-state index contributed by atoms with van der Waals surface area (Å²) in [5, 5.41) is 10.5. The monoisotopic (exact) mass is 200 g/mol.